The van der Waals surface area contributed by atoms with Crippen molar-refractivity contribution in [3.8, 4) is 11.5 Å². The number of thioether (sulfide) groups is 1. The van der Waals surface area contributed by atoms with Crippen LogP contribution < -0.4 is 14.8 Å². The van der Waals surface area contributed by atoms with Crippen molar-refractivity contribution >= 4 is 17.7 Å². The third kappa shape index (κ3) is 6.24. The van der Waals surface area contributed by atoms with E-state index in [1.165, 1.54) is 0 Å². The monoisotopic (exact) mass is 353 g/mol. The molecule has 1 saturated heterocycles. The van der Waals surface area contributed by atoms with Crippen LogP contribution >= 0.6 is 11.8 Å². The molecule has 1 aromatic carbocycles. The van der Waals surface area contributed by atoms with E-state index in [1.54, 1.807) is 18.9 Å². The third-order valence-electron chi connectivity index (χ3n) is 3.75. The first-order valence-electron chi connectivity index (χ1n) is 8.48. The molecule has 0 aliphatic carbocycles. The highest BCUT2D eigenvalue weighted by atomic mass is 32.2. The van der Waals surface area contributed by atoms with Crippen molar-refractivity contribution in [1.29, 1.82) is 0 Å². The summed E-state index contributed by atoms with van der Waals surface area (Å²) < 4.78 is 16.8. The van der Waals surface area contributed by atoms with E-state index in [2.05, 4.69) is 12.2 Å². The highest BCUT2D eigenvalue weighted by molar-refractivity contribution is 7.99. The highest BCUT2D eigenvalue weighted by Gasteiger charge is 2.17. The zero-order valence-electron chi connectivity index (χ0n) is 14.5. The average Bonchev–Trinajstić information content (AvgIpc) is 3.12. The van der Waals surface area contributed by atoms with Gasteiger partial charge in [0.05, 0.1) is 19.0 Å². The van der Waals surface area contributed by atoms with Crippen molar-refractivity contribution in [2.45, 2.75) is 38.8 Å². The molecule has 1 unspecified atom stereocenters. The first-order valence-corrected chi connectivity index (χ1v) is 9.64. The standard InChI is InChI=1S/C18H27NO4S/c1-3-9-24-13-18(20)19-11-14-6-7-16(17(10-14)21-2)23-12-15-5-4-8-22-15/h6-7,10,15H,3-5,8-9,11-13H2,1-2H3,(H,19,20). The Hall–Kier alpha value is -1.40. The van der Waals surface area contributed by atoms with Crippen molar-refractivity contribution in [2.24, 2.45) is 0 Å². The molecule has 0 bridgehead atoms. The van der Waals surface area contributed by atoms with Crippen LogP contribution in [0.4, 0.5) is 0 Å². The van der Waals surface area contributed by atoms with Crippen LogP contribution in [0, 0.1) is 0 Å². The lowest BCUT2D eigenvalue weighted by Crippen LogP contribution is -2.24. The zero-order chi connectivity index (χ0) is 17.2. The fraction of sp³-hybridized carbons (Fsp3) is 0.611. The van der Waals surface area contributed by atoms with Crippen LogP contribution in [0.1, 0.15) is 31.7 Å². The topological polar surface area (TPSA) is 56.8 Å². The largest absolute Gasteiger partial charge is 0.493 e. The minimum atomic E-state index is 0.0612. The number of rotatable bonds is 10. The van der Waals surface area contributed by atoms with E-state index < -0.39 is 0 Å². The first kappa shape index (κ1) is 18.9. The summed E-state index contributed by atoms with van der Waals surface area (Å²) in [5.41, 5.74) is 0.991. The smallest absolute Gasteiger partial charge is 0.230 e. The maximum absolute atomic E-state index is 11.8. The van der Waals surface area contributed by atoms with Crippen LogP contribution in [0.2, 0.25) is 0 Å². The van der Waals surface area contributed by atoms with Crippen LogP contribution in [-0.4, -0.2) is 43.8 Å². The van der Waals surface area contributed by atoms with E-state index in [-0.39, 0.29) is 12.0 Å². The van der Waals surface area contributed by atoms with Crippen LogP contribution in [0.3, 0.4) is 0 Å². The normalized spacial score (nSPS) is 16.8. The molecule has 1 amide bonds. The van der Waals surface area contributed by atoms with Gasteiger partial charge in [0.15, 0.2) is 11.5 Å². The number of methoxy groups -OCH3 is 1. The second-order valence-electron chi connectivity index (χ2n) is 5.76. The molecule has 0 saturated carbocycles. The number of benzene rings is 1. The van der Waals surface area contributed by atoms with Gasteiger partial charge in [0.1, 0.15) is 6.61 Å². The first-order chi connectivity index (χ1) is 11.7. The average molecular weight is 353 g/mol. The fourth-order valence-corrected chi connectivity index (χ4v) is 3.18. The molecular weight excluding hydrogens is 326 g/mol. The van der Waals surface area contributed by atoms with Crippen LogP contribution in [0.15, 0.2) is 18.2 Å². The Morgan fingerprint density at radius 3 is 3.00 bits per heavy atom. The van der Waals surface area contributed by atoms with Gasteiger partial charge in [-0.25, -0.2) is 0 Å². The molecule has 1 aliphatic heterocycles. The minimum absolute atomic E-state index is 0.0612. The second-order valence-corrected chi connectivity index (χ2v) is 6.87. The molecule has 6 heteroatoms. The molecule has 0 aromatic heterocycles. The lowest BCUT2D eigenvalue weighted by Gasteiger charge is -2.15. The summed E-state index contributed by atoms with van der Waals surface area (Å²) in [6.07, 6.45) is 3.40. The van der Waals surface area contributed by atoms with E-state index in [9.17, 15) is 4.79 Å². The SMILES string of the molecule is CCCSCC(=O)NCc1ccc(OCC2CCCO2)c(OC)c1. The molecule has 0 spiro atoms. The maximum atomic E-state index is 11.8. The zero-order valence-corrected chi connectivity index (χ0v) is 15.3. The second kappa shape index (κ2) is 10.5. The van der Waals surface area contributed by atoms with E-state index in [0.29, 0.717) is 30.4 Å². The summed E-state index contributed by atoms with van der Waals surface area (Å²) in [6, 6.07) is 5.75. The van der Waals surface area contributed by atoms with Gasteiger partial charge >= 0.3 is 0 Å². The Morgan fingerprint density at radius 2 is 2.29 bits per heavy atom. The lowest BCUT2D eigenvalue weighted by atomic mass is 10.2. The summed E-state index contributed by atoms with van der Waals surface area (Å²) in [5.74, 6) is 2.97. The molecule has 1 fully saturated rings. The molecule has 1 heterocycles. The highest BCUT2D eigenvalue weighted by Crippen LogP contribution is 2.29. The van der Waals surface area contributed by atoms with Gasteiger partial charge in [-0.1, -0.05) is 13.0 Å². The Kier molecular flexibility index (Phi) is 8.25. The molecule has 1 aromatic rings. The summed E-state index contributed by atoms with van der Waals surface area (Å²) in [5, 5.41) is 2.93. The Labute approximate surface area is 148 Å². The Balaban J connectivity index is 1.82. The van der Waals surface area contributed by atoms with Gasteiger partial charge in [-0.3, -0.25) is 4.79 Å². The summed E-state index contributed by atoms with van der Waals surface area (Å²) in [7, 11) is 1.62. The number of carbonyl (C=O) groups excluding carboxylic acids is 1. The van der Waals surface area contributed by atoms with Crippen molar-refractivity contribution in [3.05, 3.63) is 23.8 Å². The number of carbonyl (C=O) groups is 1. The quantitative estimate of drug-likeness (QED) is 0.655. The molecule has 134 valence electrons. The van der Waals surface area contributed by atoms with Gasteiger partial charge in [-0.15, -0.1) is 0 Å². The van der Waals surface area contributed by atoms with E-state index >= 15 is 0 Å². The van der Waals surface area contributed by atoms with Crippen molar-refractivity contribution < 1.29 is 19.0 Å². The number of hydrogen-bond donors (Lipinski definition) is 1. The van der Waals surface area contributed by atoms with Gasteiger partial charge in [-0.2, -0.15) is 11.8 Å². The predicted octanol–water partition coefficient (Wildman–Crippen LogP) is 3.01. The van der Waals surface area contributed by atoms with Gasteiger partial charge < -0.3 is 19.5 Å². The van der Waals surface area contributed by atoms with Gasteiger partial charge in [0, 0.05) is 13.2 Å². The van der Waals surface area contributed by atoms with Crippen molar-refractivity contribution in [1.82, 2.24) is 5.32 Å². The van der Waals surface area contributed by atoms with Crippen molar-refractivity contribution in [2.75, 3.05) is 31.8 Å². The molecule has 1 aliphatic rings. The van der Waals surface area contributed by atoms with E-state index in [1.807, 2.05) is 18.2 Å². The molecule has 1 N–H and O–H groups in total. The molecule has 5 nitrogen and oxygen atoms in total. The number of amides is 1. The van der Waals surface area contributed by atoms with Gasteiger partial charge in [-0.05, 0) is 42.7 Å². The fourth-order valence-electron chi connectivity index (χ4n) is 2.46. The minimum Gasteiger partial charge on any atom is -0.493 e. The summed E-state index contributed by atoms with van der Waals surface area (Å²) in [4.78, 5) is 11.8. The van der Waals surface area contributed by atoms with Crippen LogP contribution in [-0.2, 0) is 16.1 Å². The van der Waals surface area contributed by atoms with Crippen LogP contribution in [0.5, 0.6) is 11.5 Å². The van der Waals surface area contributed by atoms with E-state index in [0.717, 1.165) is 37.2 Å². The van der Waals surface area contributed by atoms with Gasteiger partial charge in [0.25, 0.3) is 0 Å². The molecule has 24 heavy (non-hydrogen) atoms. The van der Waals surface area contributed by atoms with E-state index in [4.69, 9.17) is 14.2 Å². The predicted molar refractivity (Wildman–Crippen MR) is 96.9 cm³/mol. The number of ether oxygens (including phenoxy) is 3. The molecular formula is C18H27NO4S. The lowest BCUT2D eigenvalue weighted by molar-refractivity contribution is -0.118. The molecule has 1 atom stereocenters. The molecule has 0 radical (unpaired) electrons. The number of nitrogens with one attached hydrogen (secondary N) is 1. The Morgan fingerprint density at radius 1 is 1.42 bits per heavy atom. The summed E-state index contributed by atoms with van der Waals surface area (Å²) >= 11 is 1.66. The Bertz CT molecular complexity index is 518. The van der Waals surface area contributed by atoms with Crippen LogP contribution in [0.25, 0.3) is 0 Å². The van der Waals surface area contributed by atoms with Gasteiger partial charge in [0.2, 0.25) is 5.91 Å². The third-order valence-corrected chi connectivity index (χ3v) is 4.91. The molecule has 2 rings (SSSR count). The maximum Gasteiger partial charge on any atom is 0.230 e. The summed E-state index contributed by atoms with van der Waals surface area (Å²) in [6.45, 7) is 3.97. The number of hydrogen-bond acceptors (Lipinski definition) is 5. The van der Waals surface area contributed by atoms with Crippen molar-refractivity contribution in [3.63, 3.8) is 0 Å².